The van der Waals surface area contributed by atoms with E-state index in [1.807, 2.05) is 0 Å². The summed E-state index contributed by atoms with van der Waals surface area (Å²) < 4.78 is 25.3. The summed E-state index contributed by atoms with van der Waals surface area (Å²) in [6, 6.07) is 4.58. The van der Waals surface area contributed by atoms with Gasteiger partial charge in [0, 0.05) is 6.07 Å². The van der Waals surface area contributed by atoms with Crippen LogP contribution >= 0.6 is 0 Å². The Kier molecular flexibility index (Phi) is 3.50. The number of hydrogen-bond acceptors (Lipinski definition) is 4. The third-order valence-corrected chi connectivity index (χ3v) is 1.58. The van der Waals surface area contributed by atoms with E-state index >= 15 is 0 Å². The lowest BCUT2D eigenvalue weighted by Crippen LogP contribution is -2.21. The molecular weight excluding hydrogens is 216 g/mol. The van der Waals surface area contributed by atoms with Gasteiger partial charge in [-0.05, 0) is 12.1 Å². The Morgan fingerprint density at radius 1 is 1.44 bits per heavy atom. The molecule has 1 aromatic carbocycles. The van der Waals surface area contributed by atoms with Gasteiger partial charge in [-0.1, -0.05) is 0 Å². The molecule has 0 heterocycles. The quantitative estimate of drug-likeness (QED) is 0.407. The molecule has 82 valence electrons. The van der Waals surface area contributed by atoms with Gasteiger partial charge in [0.15, 0.2) is 17.5 Å². The van der Waals surface area contributed by atoms with Crippen LogP contribution in [0.15, 0.2) is 23.3 Å². The summed E-state index contributed by atoms with van der Waals surface area (Å²) in [4.78, 5) is 0. The fourth-order valence-corrected chi connectivity index (χ4v) is 0.832. The van der Waals surface area contributed by atoms with Crippen molar-refractivity contribution in [1.29, 1.82) is 10.7 Å². The van der Waals surface area contributed by atoms with Crippen molar-refractivity contribution in [3.05, 3.63) is 29.8 Å². The van der Waals surface area contributed by atoms with Gasteiger partial charge in [0.05, 0.1) is 5.69 Å². The number of rotatable bonds is 3. The Balaban J connectivity index is 2.86. The second-order valence-corrected chi connectivity index (χ2v) is 2.73. The van der Waals surface area contributed by atoms with Crippen LogP contribution in [0.3, 0.4) is 0 Å². The van der Waals surface area contributed by atoms with Crippen LogP contribution < -0.4 is 11.2 Å². The number of nitrogens with one attached hydrogen (secondary N) is 2. The molecule has 1 aromatic rings. The molecule has 0 fully saturated rings. The summed E-state index contributed by atoms with van der Waals surface area (Å²) in [5, 5.41) is 18.9. The molecule has 0 aliphatic heterocycles. The molecule has 4 N–H and O–H groups in total. The Morgan fingerprint density at radius 3 is 2.62 bits per heavy atom. The monoisotopic (exact) mass is 223 g/mol. The van der Waals surface area contributed by atoms with E-state index in [4.69, 9.17) is 16.4 Å². The van der Waals surface area contributed by atoms with Crippen molar-refractivity contribution in [3.8, 4) is 6.07 Å². The van der Waals surface area contributed by atoms with E-state index in [9.17, 15) is 8.78 Å². The van der Waals surface area contributed by atoms with E-state index in [1.165, 1.54) is 6.07 Å². The largest absolute Gasteiger partial charge is 0.382 e. The highest BCUT2D eigenvalue weighted by molar-refractivity contribution is 6.45. The van der Waals surface area contributed by atoms with Crippen LogP contribution in [0.25, 0.3) is 0 Å². The van der Waals surface area contributed by atoms with Crippen molar-refractivity contribution in [2.45, 2.75) is 0 Å². The standard InChI is InChI=1S/C9H7F2N5/c10-6-2-1-5(3-7(6)11)15-16-8(4-12)9(13)14/h1-3,15H,(H3,13,14)/b16-8+. The second kappa shape index (κ2) is 4.84. The number of nitrogens with two attached hydrogens (primary N) is 1. The lowest BCUT2D eigenvalue weighted by atomic mass is 10.3. The zero-order valence-electron chi connectivity index (χ0n) is 7.96. The van der Waals surface area contributed by atoms with Crippen molar-refractivity contribution in [2.75, 3.05) is 5.43 Å². The number of nitriles is 1. The minimum Gasteiger partial charge on any atom is -0.382 e. The highest BCUT2D eigenvalue weighted by Gasteiger charge is 2.03. The number of nitrogens with zero attached hydrogens (tertiary/aromatic N) is 2. The summed E-state index contributed by atoms with van der Waals surface area (Å²) in [6.45, 7) is 0. The fraction of sp³-hybridized carbons (Fsp3) is 0. The maximum Gasteiger partial charge on any atom is 0.201 e. The van der Waals surface area contributed by atoms with E-state index in [2.05, 4.69) is 10.5 Å². The molecule has 7 heteroatoms. The molecule has 0 saturated carbocycles. The van der Waals surface area contributed by atoms with Crippen LogP contribution in [0.5, 0.6) is 0 Å². The molecule has 16 heavy (non-hydrogen) atoms. The minimum absolute atomic E-state index is 0.146. The first-order chi connectivity index (χ1) is 7.54. The van der Waals surface area contributed by atoms with Gasteiger partial charge in [0.25, 0.3) is 0 Å². The third-order valence-electron chi connectivity index (χ3n) is 1.58. The predicted molar refractivity (Wildman–Crippen MR) is 54.9 cm³/mol. The maximum atomic E-state index is 12.7. The molecule has 0 spiro atoms. The SMILES string of the molecule is N#C/C(=N\Nc1ccc(F)c(F)c1)C(=N)N. The summed E-state index contributed by atoms with van der Waals surface area (Å²) >= 11 is 0. The molecule has 0 radical (unpaired) electrons. The van der Waals surface area contributed by atoms with Gasteiger partial charge in [-0.15, -0.1) is 0 Å². The molecule has 0 saturated heterocycles. The molecular formula is C9H7F2N5. The van der Waals surface area contributed by atoms with Crippen LogP contribution in [0.4, 0.5) is 14.5 Å². The Labute approximate surface area is 89.7 Å². The summed E-state index contributed by atoms with van der Waals surface area (Å²) in [6.07, 6.45) is 0. The fourth-order valence-electron chi connectivity index (χ4n) is 0.832. The molecule has 0 aliphatic carbocycles. The molecule has 0 amide bonds. The van der Waals surface area contributed by atoms with E-state index < -0.39 is 17.5 Å². The average molecular weight is 223 g/mol. The van der Waals surface area contributed by atoms with Gasteiger partial charge in [-0.25, -0.2) is 8.78 Å². The first kappa shape index (κ1) is 11.6. The molecule has 0 bridgehead atoms. The first-order valence-electron chi connectivity index (χ1n) is 4.08. The topological polar surface area (TPSA) is 98.0 Å². The summed E-state index contributed by atoms with van der Waals surface area (Å²) in [7, 11) is 0. The molecule has 0 aromatic heterocycles. The number of hydrogen-bond donors (Lipinski definition) is 3. The van der Waals surface area contributed by atoms with Gasteiger partial charge in [-0.2, -0.15) is 10.4 Å². The molecule has 5 nitrogen and oxygen atoms in total. The average Bonchev–Trinajstić information content (AvgIpc) is 2.23. The lowest BCUT2D eigenvalue weighted by Gasteiger charge is -2.01. The zero-order chi connectivity index (χ0) is 12.1. The smallest absolute Gasteiger partial charge is 0.201 e. The molecule has 1 rings (SSSR count). The zero-order valence-corrected chi connectivity index (χ0v) is 7.96. The Bertz CT molecular complexity index is 489. The minimum atomic E-state index is -1.04. The highest BCUT2D eigenvalue weighted by atomic mass is 19.2. The summed E-state index contributed by atoms with van der Waals surface area (Å²) in [5.41, 5.74) is 7.11. The number of amidine groups is 1. The molecule has 0 unspecified atom stereocenters. The van der Waals surface area contributed by atoms with Crippen LogP contribution in [0.2, 0.25) is 0 Å². The summed E-state index contributed by atoms with van der Waals surface area (Å²) in [5.74, 6) is -2.54. The number of anilines is 1. The third kappa shape index (κ3) is 2.75. The predicted octanol–water partition coefficient (Wildman–Crippen LogP) is 1.19. The van der Waals surface area contributed by atoms with Crippen molar-refractivity contribution in [3.63, 3.8) is 0 Å². The maximum absolute atomic E-state index is 12.7. The molecule has 0 atom stereocenters. The van der Waals surface area contributed by atoms with Gasteiger partial charge < -0.3 is 5.73 Å². The van der Waals surface area contributed by atoms with Crippen LogP contribution in [0, 0.1) is 28.4 Å². The van der Waals surface area contributed by atoms with Crippen molar-refractivity contribution < 1.29 is 8.78 Å². The molecule has 0 aliphatic rings. The number of benzene rings is 1. The van der Waals surface area contributed by atoms with Gasteiger partial charge in [0.1, 0.15) is 6.07 Å². The van der Waals surface area contributed by atoms with Gasteiger partial charge in [0.2, 0.25) is 5.71 Å². The Hall–Kier alpha value is -2.49. The first-order valence-corrected chi connectivity index (χ1v) is 4.08. The van der Waals surface area contributed by atoms with E-state index in [0.717, 1.165) is 12.1 Å². The van der Waals surface area contributed by atoms with Crippen molar-refractivity contribution in [1.82, 2.24) is 0 Å². The normalized spacial score (nSPS) is 10.7. The van der Waals surface area contributed by atoms with Gasteiger partial charge >= 0.3 is 0 Å². The van der Waals surface area contributed by atoms with Crippen molar-refractivity contribution in [2.24, 2.45) is 10.8 Å². The van der Waals surface area contributed by atoms with Crippen LogP contribution in [-0.4, -0.2) is 11.5 Å². The van der Waals surface area contributed by atoms with E-state index in [0.29, 0.717) is 0 Å². The van der Waals surface area contributed by atoms with E-state index in [1.54, 1.807) is 6.07 Å². The van der Waals surface area contributed by atoms with E-state index in [-0.39, 0.29) is 11.4 Å². The Morgan fingerprint density at radius 2 is 2.12 bits per heavy atom. The number of hydrazone groups is 1. The van der Waals surface area contributed by atoms with Crippen molar-refractivity contribution >= 4 is 17.2 Å². The van der Waals surface area contributed by atoms with Gasteiger partial charge in [-0.3, -0.25) is 10.8 Å². The number of halogens is 2. The second-order valence-electron chi connectivity index (χ2n) is 2.73. The lowest BCUT2D eigenvalue weighted by molar-refractivity contribution is 0.509. The highest BCUT2D eigenvalue weighted by Crippen LogP contribution is 2.12. The van der Waals surface area contributed by atoms with Crippen LogP contribution in [0.1, 0.15) is 0 Å². The van der Waals surface area contributed by atoms with Crippen LogP contribution in [-0.2, 0) is 0 Å².